The lowest BCUT2D eigenvalue weighted by Gasteiger charge is -2.10. The molecule has 1 atom stereocenters. The van der Waals surface area contributed by atoms with Gasteiger partial charge in [-0.3, -0.25) is 10.1 Å². The van der Waals surface area contributed by atoms with E-state index in [-0.39, 0.29) is 12.4 Å². The summed E-state index contributed by atoms with van der Waals surface area (Å²) in [5, 5.41) is 10.3. The number of carbonyl (C=O) groups excluding carboxylic acids is 1. The number of ether oxygens (including phenoxy) is 2. The van der Waals surface area contributed by atoms with Crippen LogP contribution >= 0.6 is 0 Å². The van der Waals surface area contributed by atoms with Gasteiger partial charge in [0.2, 0.25) is 5.82 Å². The Balaban J connectivity index is 2.77. The molecule has 8 heteroatoms. The normalized spacial score (nSPS) is 11.7. The number of hydrogen-bond acceptors (Lipinski definition) is 5. The molecule has 0 spiro atoms. The van der Waals surface area contributed by atoms with Gasteiger partial charge in [0.25, 0.3) is 0 Å². The molecule has 1 aromatic rings. The SMILES string of the molecule is CCOC(=O)C(F)Oc1ccc([N+](=O)[O-])c(F)c1. The van der Waals surface area contributed by atoms with Crippen LogP contribution in [0.4, 0.5) is 14.5 Å². The maximum Gasteiger partial charge on any atom is 0.381 e. The molecule has 0 amide bonds. The fourth-order valence-corrected chi connectivity index (χ4v) is 1.08. The molecule has 0 saturated heterocycles. The predicted octanol–water partition coefficient (Wildman–Crippen LogP) is 1.97. The second-order valence-corrected chi connectivity index (χ2v) is 3.06. The number of carbonyl (C=O) groups is 1. The Hall–Kier alpha value is -2.25. The highest BCUT2D eigenvalue weighted by atomic mass is 19.1. The van der Waals surface area contributed by atoms with Gasteiger partial charge in [0.15, 0.2) is 0 Å². The summed E-state index contributed by atoms with van der Waals surface area (Å²) >= 11 is 0. The summed E-state index contributed by atoms with van der Waals surface area (Å²) in [5.74, 6) is -2.79. The number of hydrogen-bond donors (Lipinski definition) is 0. The van der Waals surface area contributed by atoms with Gasteiger partial charge < -0.3 is 9.47 Å². The highest BCUT2D eigenvalue weighted by Crippen LogP contribution is 2.23. The maximum absolute atomic E-state index is 13.1. The van der Waals surface area contributed by atoms with Gasteiger partial charge in [-0.05, 0) is 13.0 Å². The summed E-state index contributed by atoms with van der Waals surface area (Å²) in [6.07, 6.45) is -2.41. The van der Waals surface area contributed by atoms with Crippen molar-refractivity contribution in [3.8, 4) is 5.75 Å². The van der Waals surface area contributed by atoms with Crippen LogP contribution in [-0.2, 0) is 9.53 Å². The van der Waals surface area contributed by atoms with E-state index in [9.17, 15) is 23.7 Å². The molecule has 0 aliphatic rings. The zero-order chi connectivity index (χ0) is 13.7. The third kappa shape index (κ3) is 3.37. The van der Waals surface area contributed by atoms with Crippen LogP contribution in [0.3, 0.4) is 0 Å². The van der Waals surface area contributed by atoms with E-state index in [1.165, 1.54) is 6.92 Å². The fourth-order valence-electron chi connectivity index (χ4n) is 1.08. The number of esters is 1. The number of alkyl halides is 1. The number of rotatable bonds is 5. The Morgan fingerprint density at radius 1 is 1.56 bits per heavy atom. The summed E-state index contributed by atoms with van der Waals surface area (Å²) < 4.78 is 35.0. The van der Waals surface area contributed by atoms with Gasteiger partial charge in [-0.15, -0.1) is 0 Å². The van der Waals surface area contributed by atoms with Gasteiger partial charge in [0, 0.05) is 12.1 Å². The highest BCUT2D eigenvalue weighted by molar-refractivity contribution is 5.73. The van der Waals surface area contributed by atoms with E-state index in [1.54, 1.807) is 0 Å². The molecule has 0 aliphatic heterocycles. The first-order chi connectivity index (χ1) is 8.45. The monoisotopic (exact) mass is 261 g/mol. The smallest absolute Gasteiger partial charge is 0.381 e. The molecule has 18 heavy (non-hydrogen) atoms. The van der Waals surface area contributed by atoms with Crippen molar-refractivity contribution in [2.75, 3.05) is 6.61 Å². The molecule has 98 valence electrons. The Morgan fingerprint density at radius 3 is 2.72 bits per heavy atom. The topological polar surface area (TPSA) is 78.7 Å². The molecular weight excluding hydrogens is 252 g/mol. The lowest BCUT2D eigenvalue weighted by molar-refractivity contribution is -0.387. The van der Waals surface area contributed by atoms with E-state index in [2.05, 4.69) is 9.47 Å². The van der Waals surface area contributed by atoms with Gasteiger partial charge >= 0.3 is 18.0 Å². The minimum Gasteiger partial charge on any atom is -0.461 e. The van der Waals surface area contributed by atoms with Gasteiger partial charge in [-0.25, -0.2) is 4.79 Å². The minimum absolute atomic E-state index is 0.0305. The quantitative estimate of drug-likeness (QED) is 0.460. The van der Waals surface area contributed by atoms with Crippen molar-refractivity contribution < 1.29 is 28.0 Å². The van der Waals surface area contributed by atoms with Crippen molar-refractivity contribution in [1.82, 2.24) is 0 Å². The van der Waals surface area contributed by atoms with E-state index < -0.39 is 28.8 Å². The lowest BCUT2D eigenvalue weighted by Crippen LogP contribution is -2.24. The Kier molecular flexibility index (Phi) is 4.52. The average molecular weight is 261 g/mol. The average Bonchev–Trinajstić information content (AvgIpc) is 2.28. The second kappa shape index (κ2) is 5.89. The van der Waals surface area contributed by atoms with Crippen LogP contribution in [0.2, 0.25) is 0 Å². The summed E-state index contributed by atoms with van der Waals surface area (Å²) in [6.45, 7) is 1.45. The van der Waals surface area contributed by atoms with Crippen LogP contribution in [0, 0.1) is 15.9 Å². The molecule has 0 aromatic heterocycles. The van der Waals surface area contributed by atoms with Crippen molar-refractivity contribution in [2.24, 2.45) is 0 Å². The van der Waals surface area contributed by atoms with E-state index in [0.717, 1.165) is 12.1 Å². The number of halogens is 2. The van der Waals surface area contributed by atoms with Gasteiger partial charge in [0.1, 0.15) is 5.75 Å². The lowest BCUT2D eigenvalue weighted by atomic mass is 10.3. The molecular formula is C10H9F2NO5. The molecule has 0 bridgehead atoms. The number of nitro groups is 1. The zero-order valence-corrected chi connectivity index (χ0v) is 9.26. The molecule has 1 rings (SSSR count). The predicted molar refractivity (Wildman–Crippen MR) is 55.2 cm³/mol. The first-order valence-electron chi connectivity index (χ1n) is 4.87. The standard InChI is InChI=1S/C10H9F2NO5/c1-2-17-10(14)9(12)18-6-3-4-8(13(15)16)7(11)5-6/h3-5,9H,2H2,1H3. The van der Waals surface area contributed by atoms with E-state index in [1.807, 2.05) is 0 Å². The zero-order valence-electron chi connectivity index (χ0n) is 9.26. The van der Waals surface area contributed by atoms with Crippen molar-refractivity contribution >= 4 is 11.7 Å². The first kappa shape index (κ1) is 13.8. The van der Waals surface area contributed by atoms with Crippen LogP contribution in [0.25, 0.3) is 0 Å². The van der Waals surface area contributed by atoms with Gasteiger partial charge in [-0.2, -0.15) is 8.78 Å². The van der Waals surface area contributed by atoms with Crippen LogP contribution in [0.1, 0.15) is 6.92 Å². The molecule has 0 fully saturated rings. The van der Waals surface area contributed by atoms with Crippen molar-refractivity contribution in [2.45, 2.75) is 13.3 Å². The van der Waals surface area contributed by atoms with Crippen molar-refractivity contribution in [1.29, 1.82) is 0 Å². The van der Waals surface area contributed by atoms with Crippen LogP contribution in [0.15, 0.2) is 18.2 Å². The summed E-state index contributed by atoms with van der Waals surface area (Å²) in [7, 11) is 0. The minimum atomic E-state index is -2.41. The molecule has 1 aromatic carbocycles. The third-order valence-corrected chi connectivity index (χ3v) is 1.83. The van der Waals surface area contributed by atoms with Crippen molar-refractivity contribution in [3.63, 3.8) is 0 Å². The van der Waals surface area contributed by atoms with Gasteiger partial charge in [-0.1, -0.05) is 0 Å². The van der Waals surface area contributed by atoms with Crippen LogP contribution < -0.4 is 4.74 Å². The highest BCUT2D eigenvalue weighted by Gasteiger charge is 2.22. The number of benzene rings is 1. The van der Waals surface area contributed by atoms with E-state index in [0.29, 0.717) is 6.07 Å². The number of nitrogens with zero attached hydrogens (tertiary/aromatic N) is 1. The van der Waals surface area contributed by atoms with Crippen molar-refractivity contribution in [3.05, 3.63) is 34.1 Å². The molecule has 1 unspecified atom stereocenters. The maximum atomic E-state index is 13.1. The summed E-state index contributed by atoms with van der Waals surface area (Å²) in [6, 6.07) is 2.40. The van der Waals surface area contributed by atoms with E-state index >= 15 is 0 Å². The molecule has 0 radical (unpaired) electrons. The first-order valence-corrected chi connectivity index (χ1v) is 4.87. The number of nitro benzene ring substituents is 1. The molecule has 0 heterocycles. The largest absolute Gasteiger partial charge is 0.461 e. The molecule has 6 nitrogen and oxygen atoms in total. The molecule has 0 N–H and O–H groups in total. The Bertz CT molecular complexity index is 466. The molecule has 0 saturated carbocycles. The Morgan fingerprint density at radius 2 is 2.22 bits per heavy atom. The second-order valence-electron chi connectivity index (χ2n) is 3.06. The Labute approximate surface area is 100 Å². The summed E-state index contributed by atoms with van der Waals surface area (Å²) in [5.41, 5.74) is -0.770. The van der Waals surface area contributed by atoms with Crippen LogP contribution in [-0.4, -0.2) is 23.9 Å². The van der Waals surface area contributed by atoms with Crippen LogP contribution in [0.5, 0.6) is 5.75 Å². The fraction of sp³-hybridized carbons (Fsp3) is 0.300. The third-order valence-electron chi connectivity index (χ3n) is 1.83. The van der Waals surface area contributed by atoms with Gasteiger partial charge in [0.05, 0.1) is 11.5 Å². The molecule has 0 aliphatic carbocycles. The van der Waals surface area contributed by atoms with E-state index in [4.69, 9.17) is 0 Å². The summed E-state index contributed by atoms with van der Waals surface area (Å²) in [4.78, 5) is 20.3.